The van der Waals surface area contributed by atoms with Crippen molar-refractivity contribution in [3.8, 4) is 17.2 Å². The summed E-state index contributed by atoms with van der Waals surface area (Å²) >= 11 is 3.45. The fourth-order valence-corrected chi connectivity index (χ4v) is 3.00. The Kier molecular flexibility index (Phi) is 8.32. The molecule has 0 spiro atoms. The van der Waals surface area contributed by atoms with Crippen molar-refractivity contribution < 1.29 is 19.0 Å². The molecule has 0 atom stereocenters. The topological polar surface area (TPSA) is 69.2 Å². The SMILES string of the molecule is CCOc1c(Br)cc(/C=N/NC(=O)COc2cccc(C(C)C)c2)cc1OC. The molecule has 0 bridgehead atoms. The number of rotatable bonds is 9. The number of carbonyl (C=O) groups is 1. The number of hydrogen-bond acceptors (Lipinski definition) is 5. The van der Waals surface area contributed by atoms with E-state index in [4.69, 9.17) is 14.2 Å². The lowest BCUT2D eigenvalue weighted by molar-refractivity contribution is -0.123. The van der Waals surface area contributed by atoms with E-state index in [1.54, 1.807) is 13.2 Å². The van der Waals surface area contributed by atoms with Gasteiger partial charge in [0.05, 0.1) is 24.4 Å². The van der Waals surface area contributed by atoms with Crippen molar-refractivity contribution in [3.63, 3.8) is 0 Å². The molecule has 2 aromatic carbocycles. The predicted octanol–water partition coefficient (Wildman–Crippen LogP) is 4.51. The second kappa shape index (κ2) is 10.7. The minimum Gasteiger partial charge on any atom is -0.493 e. The molecule has 0 heterocycles. The van der Waals surface area contributed by atoms with Gasteiger partial charge in [0, 0.05) is 0 Å². The average molecular weight is 449 g/mol. The van der Waals surface area contributed by atoms with Gasteiger partial charge in [0.1, 0.15) is 5.75 Å². The third kappa shape index (κ3) is 6.27. The van der Waals surface area contributed by atoms with Crippen molar-refractivity contribution in [1.82, 2.24) is 5.43 Å². The molecule has 0 aliphatic carbocycles. The van der Waals surface area contributed by atoms with Crippen LogP contribution in [0.3, 0.4) is 0 Å². The lowest BCUT2D eigenvalue weighted by atomic mass is 10.0. The van der Waals surface area contributed by atoms with Gasteiger partial charge in [-0.3, -0.25) is 4.79 Å². The largest absolute Gasteiger partial charge is 0.493 e. The third-order valence-electron chi connectivity index (χ3n) is 3.84. The lowest BCUT2D eigenvalue weighted by Gasteiger charge is -2.12. The van der Waals surface area contributed by atoms with Gasteiger partial charge in [0.15, 0.2) is 18.1 Å². The molecule has 1 N–H and O–H groups in total. The molecule has 2 aromatic rings. The molecule has 28 heavy (non-hydrogen) atoms. The lowest BCUT2D eigenvalue weighted by Crippen LogP contribution is -2.24. The number of ether oxygens (including phenoxy) is 3. The number of nitrogens with zero attached hydrogens (tertiary/aromatic N) is 1. The Balaban J connectivity index is 1.93. The van der Waals surface area contributed by atoms with Crippen LogP contribution in [0.2, 0.25) is 0 Å². The highest BCUT2D eigenvalue weighted by atomic mass is 79.9. The number of amides is 1. The van der Waals surface area contributed by atoms with Crippen molar-refractivity contribution in [1.29, 1.82) is 0 Å². The molecule has 0 aliphatic rings. The van der Waals surface area contributed by atoms with Gasteiger partial charge >= 0.3 is 0 Å². The van der Waals surface area contributed by atoms with Gasteiger partial charge in [0.2, 0.25) is 0 Å². The summed E-state index contributed by atoms with van der Waals surface area (Å²) in [6.07, 6.45) is 1.53. The van der Waals surface area contributed by atoms with Gasteiger partial charge in [-0.2, -0.15) is 5.10 Å². The van der Waals surface area contributed by atoms with E-state index < -0.39 is 0 Å². The fraction of sp³-hybridized carbons (Fsp3) is 0.333. The number of benzene rings is 2. The van der Waals surface area contributed by atoms with Crippen LogP contribution in [0, 0.1) is 0 Å². The van der Waals surface area contributed by atoms with Crippen LogP contribution < -0.4 is 19.6 Å². The van der Waals surface area contributed by atoms with E-state index in [0.29, 0.717) is 29.8 Å². The standard InChI is InChI=1S/C21H25BrN2O4/c1-5-27-21-18(22)9-15(10-19(21)26-4)12-23-24-20(25)13-28-17-8-6-7-16(11-17)14(2)3/h6-12,14H,5,13H2,1-4H3,(H,24,25)/b23-12+. The molecule has 0 aromatic heterocycles. The van der Waals surface area contributed by atoms with Crippen LogP contribution >= 0.6 is 15.9 Å². The Morgan fingerprint density at radius 1 is 1.25 bits per heavy atom. The van der Waals surface area contributed by atoms with Crippen LogP contribution in [0.15, 0.2) is 46.0 Å². The summed E-state index contributed by atoms with van der Waals surface area (Å²) in [4.78, 5) is 12.0. The molecule has 0 saturated carbocycles. The average Bonchev–Trinajstić information content (AvgIpc) is 2.68. The van der Waals surface area contributed by atoms with Gasteiger partial charge in [-0.1, -0.05) is 26.0 Å². The maximum atomic E-state index is 12.0. The first-order chi connectivity index (χ1) is 13.4. The van der Waals surface area contributed by atoms with Crippen LogP contribution in [0.25, 0.3) is 0 Å². The van der Waals surface area contributed by atoms with Crippen molar-refractivity contribution in [2.24, 2.45) is 5.10 Å². The summed E-state index contributed by atoms with van der Waals surface area (Å²) < 4.78 is 17.2. The maximum absolute atomic E-state index is 12.0. The molecule has 150 valence electrons. The molecule has 0 radical (unpaired) electrons. The third-order valence-corrected chi connectivity index (χ3v) is 4.43. The highest BCUT2D eigenvalue weighted by molar-refractivity contribution is 9.10. The quantitative estimate of drug-likeness (QED) is 0.452. The molecular weight excluding hydrogens is 424 g/mol. The van der Waals surface area contributed by atoms with Gasteiger partial charge in [0.25, 0.3) is 5.91 Å². The number of hydrazone groups is 1. The second-order valence-corrected chi connectivity index (χ2v) is 7.13. The van der Waals surface area contributed by atoms with Gasteiger partial charge in [-0.25, -0.2) is 5.43 Å². The minimum atomic E-state index is -0.344. The van der Waals surface area contributed by atoms with Crippen LogP contribution in [0.1, 0.15) is 37.8 Å². The zero-order valence-corrected chi connectivity index (χ0v) is 18.1. The Morgan fingerprint density at radius 2 is 2.04 bits per heavy atom. The normalized spacial score (nSPS) is 10.9. The van der Waals surface area contributed by atoms with Crippen molar-refractivity contribution in [3.05, 3.63) is 52.0 Å². The van der Waals surface area contributed by atoms with Crippen LogP contribution in [0.5, 0.6) is 17.2 Å². The first-order valence-corrected chi connectivity index (χ1v) is 9.78. The molecule has 2 rings (SSSR count). The van der Waals surface area contributed by atoms with Crippen LogP contribution in [0.4, 0.5) is 0 Å². The van der Waals surface area contributed by atoms with E-state index in [1.165, 1.54) is 6.21 Å². The summed E-state index contributed by atoms with van der Waals surface area (Å²) in [5.74, 6) is 1.92. The Hall–Kier alpha value is -2.54. The molecule has 0 unspecified atom stereocenters. The van der Waals surface area contributed by atoms with Crippen LogP contribution in [-0.4, -0.2) is 32.4 Å². The number of halogens is 1. The number of methoxy groups -OCH3 is 1. The van der Waals surface area contributed by atoms with Gasteiger partial charge in [-0.15, -0.1) is 0 Å². The number of carbonyl (C=O) groups excluding carboxylic acids is 1. The molecule has 0 aliphatic heterocycles. The van der Waals surface area contributed by atoms with E-state index in [0.717, 1.165) is 15.6 Å². The molecular formula is C21H25BrN2O4. The van der Waals surface area contributed by atoms with E-state index >= 15 is 0 Å². The Labute approximate surface area is 174 Å². The first kappa shape index (κ1) is 21.8. The zero-order valence-electron chi connectivity index (χ0n) is 16.5. The van der Waals surface area contributed by atoms with Crippen molar-refractivity contribution in [2.75, 3.05) is 20.3 Å². The Morgan fingerprint density at radius 3 is 2.71 bits per heavy atom. The van der Waals surface area contributed by atoms with Crippen LogP contribution in [-0.2, 0) is 4.79 Å². The first-order valence-electron chi connectivity index (χ1n) is 8.99. The highest BCUT2D eigenvalue weighted by Crippen LogP contribution is 2.36. The second-order valence-electron chi connectivity index (χ2n) is 6.28. The molecule has 0 saturated heterocycles. The van der Waals surface area contributed by atoms with Crippen molar-refractivity contribution in [2.45, 2.75) is 26.7 Å². The van der Waals surface area contributed by atoms with Gasteiger partial charge in [-0.05, 0) is 64.2 Å². The highest BCUT2D eigenvalue weighted by Gasteiger charge is 2.10. The van der Waals surface area contributed by atoms with E-state index in [1.807, 2.05) is 37.3 Å². The molecule has 6 nitrogen and oxygen atoms in total. The maximum Gasteiger partial charge on any atom is 0.277 e. The summed E-state index contributed by atoms with van der Waals surface area (Å²) in [6, 6.07) is 11.3. The molecule has 7 heteroatoms. The predicted molar refractivity (Wildman–Crippen MR) is 114 cm³/mol. The number of nitrogens with one attached hydrogen (secondary N) is 1. The minimum absolute atomic E-state index is 0.116. The van der Waals surface area contributed by atoms with E-state index in [9.17, 15) is 4.79 Å². The van der Waals surface area contributed by atoms with E-state index in [2.05, 4.69) is 40.3 Å². The summed E-state index contributed by atoms with van der Waals surface area (Å²) in [5.41, 5.74) is 4.36. The van der Waals surface area contributed by atoms with Gasteiger partial charge < -0.3 is 14.2 Å². The van der Waals surface area contributed by atoms with E-state index in [-0.39, 0.29) is 12.5 Å². The summed E-state index contributed by atoms with van der Waals surface area (Å²) in [6.45, 7) is 6.52. The Bertz CT molecular complexity index is 837. The molecule has 1 amide bonds. The fourth-order valence-electron chi connectivity index (χ4n) is 2.42. The van der Waals surface area contributed by atoms with Crippen molar-refractivity contribution >= 4 is 28.1 Å². The zero-order chi connectivity index (χ0) is 20.5. The summed E-state index contributed by atoms with van der Waals surface area (Å²) in [5, 5.41) is 3.97. The molecule has 0 fully saturated rings. The summed E-state index contributed by atoms with van der Waals surface area (Å²) in [7, 11) is 1.57. The monoisotopic (exact) mass is 448 g/mol. The number of hydrogen-bond donors (Lipinski definition) is 1. The smallest absolute Gasteiger partial charge is 0.277 e.